The van der Waals surface area contributed by atoms with E-state index in [2.05, 4.69) is 14.9 Å². The van der Waals surface area contributed by atoms with Crippen LogP contribution in [0.25, 0.3) is 10.1 Å². The molecule has 4 N–H and O–H groups in total. The van der Waals surface area contributed by atoms with E-state index in [4.69, 9.17) is 5.73 Å². The third-order valence-corrected chi connectivity index (χ3v) is 4.93. The molecule has 6 nitrogen and oxygen atoms in total. The molecule has 3 rings (SSSR count). The van der Waals surface area contributed by atoms with Crippen LogP contribution in [-0.4, -0.2) is 18.6 Å². The summed E-state index contributed by atoms with van der Waals surface area (Å²) in [5.41, 5.74) is 6.01. The van der Waals surface area contributed by atoms with Crippen LogP contribution in [0.4, 0.5) is 11.5 Å². The number of H-pyrrole nitrogens is 1. The van der Waals surface area contributed by atoms with Gasteiger partial charge in [0.15, 0.2) is 0 Å². The molecule has 2 aromatic heterocycles. The smallest absolute Gasteiger partial charge is 0.267 e. The van der Waals surface area contributed by atoms with Gasteiger partial charge in [0.2, 0.25) is 0 Å². The maximum atomic E-state index is 12.1. The van der Waals surface area contributed by atoms with E-state index in [0.29, 0.717) is 5.69 Å². The highest BCUT2D eigenvalue weighted by molar-refractivity contribution is 7.92. The molecule has 0 amide bonds. The fourth-order valence-corrected chi connectivity index (χ4v) is 3.58. The Morgan fingerprint density at radius 3 is 2.89 bits per heavy atom. The molecule has 3 aromatic rings. The third kappa shape index (κ3) is 2.15. The van der Waals surface area contributed by atoms with E-state index in [1.165, 1.54) is 6.20 Å². The Kier molecular flexibility index (Phi) is 2.68. The van der Waals surface area contributed by atoms with E-state index in [0.717, 1.165) is 10.1 Å². The zero-order valence-corrected chi connectivity index (χ0v) is 11.3. The summed E-state index contributed by atoms with van der Waals surface area (Å²) in [5, 5.41) is 8.95. The zero-order valence-electron chi connectivity index (χ0n) is 9.62. The van der Waals surface area contributed by atoms with Crippen molar-refractivity contribution in [1.82, 2.24) is 10.2 Å². The first-order chi connectivity index (χ1) is 9.06. The maximum absolute atomic E-state index is 12.1. The van der Waals surface area contributed by atoms with Crippen LogP contribution in [0.3, 0.4) is 0 Å². The average Bonchev–Trinajstić information content (AvgIpc) is 2.96. The van der Waals surface area contributed by atoms with Crippen molar-refractivity contribution in [2.75, 3.05) is 10.5 Å². The number of nitrogens with two attached hydrogens (primary N) is 1. The molecule has 1 aromatic carbocycles. The number of rotatable bonds is 3. The summed E-state index contributed by atoms with van der Waals surface area (Å²) >= 11 is 1.60. The molecule has 0 aliphatic heterocycles. The molecule has 98 valence electrons. The standard InChI is InChI=1S/C11H10N4O2S2/c12-11-10(6-13-14-11)19(16,17)15-8-1-2-9-7(5-8)3-4-18-9/h1-6,15H,(H3,12,13,14). The molecule has 0 aliphatic carbocycles. The lowest BCUT2D eigenvalue weighted by Crippen LogP contribution is -2.13. The second-order valence-corrected chi connectivity index (χ2v) is 6.53. The van der Waals surface area contributed by atoms with E-state index in [9.17, 15) is 8.42 Å². The molecule has 0 saturated heterocycles. The average molecular weight is 294 g/mol. The van der Waals surface area contributed by atoms with Crippen LogP contribution in [0.2, 0.25) is 0 Å². The van der Waals surface area contributed by atoms with Crippen LogP contribution in [0.5, 0.6) is 0 Å². The van der Waals surface area contributed by atoms with Gasteiger partial charge >= 0.3 is 0 Å². The monoisotopic (exact) mass is 294 g/mol. The van der Waals surface area contributed by atoms with E-state index in [1.807, 2.05) is 17.5 Å². The summed E-state index contributed by atoms with van der Waals surface area (Å²) in [6.45, 7) is 0. The summed E-state index contributed by atoms with van der Waals surface area (Å²) in [7, 11) is -3.72. The van der Waals surface area contributed by atoms with Crippen LogP contribution in [-0.2, 0) is 10.0 Å². The van der Waals surface area contributed by atoms with Crippen molar-refractivity contribution in [2.45, 2.75) is 4.90 Å². The van der Waals surface area contributed by atoms with Gasteiger partial charge in [-0.3, -0.25) is 9.82 Å². The number of nitrogens with zero attached hydrogens (tertiary/aromatic N) is 1. The number of aromatic amines is 1. The fraction of sp³-hybridized carbons (Fsp3) is 0. The predicted molar refractivity (Wildman–Crippen MR) is 75.6 cm³/mol. The highest BCUT2D eigenvalue weighted by Crippen LogP contribution is 2.26. The van der Waals surface area contributed by atoms with Gasteiger partial charge in [-0.1, -0.05) is 0 Å². The molecule has 0 spiro atoms. The molecular weight excluding hydrogens is 284 g/mol. The Balaban J connectivity index is 1.98. The largest absolute Gasteiger partial charge is 0.383 e. The number of nitrogen functional groups attached to an aromatic ring is 1. The van der Waals surface area contributed by atoms with Gasteiger partial charge in [-0.2, -0.15) is 5.10 Å². The van der Waals surface area contributed by atoms with Crippen LogP contribution in [0, 0.1) is 0 Å². The summed E-state index contributed by atoms with van der Waals surface area (Å²) in [6, 6.07) is 7.30. The first-order valence-electron chi connectivity index (χ1n) is 5.35. The van der Waals surface area contributed by atoms with Gasteiger partial charge in [-0.15, -0.1) is 11.3 Å². The zero-order chi connectivity index (χ0) is 13.5. The number of hydrogen-bond acceptors (Lipinski definition) is 5. The number of hydrogen-bond donors (Lipinski definition) is 3. The van der Waals surface area contributed by atoms with Gasteiger partial charge in [0, 0.05) is 10.4 Å². The number of sulfonamides is 1. The normalized spacial score (nSPS) is 11.8. The van der Waals surface area contributed by atoms with Gasteiger partial charge in [-0.05, 0) is 35.0 Å². The Morgan fingerprint density at radius 1 is 1.32 bits per heavy atom. The fourth-order valence-electron chi connectivity index (χ4n) is 1.74. The summed E-state index contributed by atoms with van der Waals surface area (Å²) in [4.78, 5) is -0.0575. The van der Waals surface area contributed by atoms with Gasteiger partial charge in [0.1, 0.15) is 10.7 Å². The summed E-state index contributed by atoms with van der Waals surface area (Å²) in [5.74, 6) is 0.0177. The minimum absolute atomic E-state index is 0.0177. The minimum atomic E-state index is -3.72. The number of thiophene rings is 1. The Bertz CT molecular complexity index is 835. The lowest BCUT2D eigenvalue weighted by molar-refractivity contribution is 0.601. The SMILES string of the molecule is Nc1[nH]ncc1S(=O)(=O)Nc1ccc2sccc2c1. The molecular formula is C11H10N4O2S2. The third-order valence-electron chi connectivity index (χ3n) is 2.63. The highest BCUT2D eigenvalue weighted by Gasteiger charge is 2.19. The number of benzene rings is 1. The van der Waals surface area contributed by atoms with Crippen molar-refractivity contribution in [2.24, 2.45) is 0 Å². The van der Waals surface area contributed by atoms with E-state index >= 15 is 0 Å². The van der Waals surface area contributed by atoms with Crippen molar-refractivity contribution in [3.05, 3.63) is 35.8 Å². The summed E-state index contributed by atoms with van der Waals surface area (Å²) in [6.07, 6.45) is 1.18. The molecule has 0 aliphatic rings. The van der Waals surface area contributed by atoms with E-state index < -0.39 is 10.0 Å². The van der Waals surface area contributed by atoms with Crippen molar-refractivity contribution < 1.29 is 8.42 Å². The summed E-state index contributed by atoms with van der Waals surface area (Å²) < 4.78 is 27.8. The van der Waals surface area contributed by atoms with Crippen LogP contribution >= 0.6 is 11.3 Å². The molecule has 8 heteroatoms. The molecule has 0 unspecified atom stereocenters. The number of anilines is 2. The number of fused-ring (bicyclic) bond motifs is 1. The van der Waals surface area contributed by atoms with Crippen LogP contribution in [0.1, 0.15) is 0 Å². The van der Waals surface area contributed by atoms with Crippen molar-refractivity contribution in [1.29, 1.82) is 0 Å². The highest BCUT2D eigenvalue weighted by atomic mass is 32.2. The molecule has 2 heterocycles. The Hall–Kier alpha value is -2.06. The topological polar surface area (TPSA) is 101 Å². The van der Waals surface area contributed by atoms with Crippen molar-refractivity contribution >= 4 is 43.0 Å². The first kappa shape index (κ1) is 12.0. The first-order valence-corrected chi connectivity index (χ1v) is 7.71. The quantitative estimate of drug-likeness (QED) is 0.687. The van der Waals surface area contributed by atoms with Crippen LogP contribution < -0.4 is 10.5 Å². The van der Waals surface area contributed by atoms with Gasteiger partial charge in [-0.25, -0.2) is 8.42 Å². The predicted octanol–water partition coefficient (Wildman–Crippen LogP) is 2.01. The number of aromatic nitrogens is 2. The molecule has 19 heavy (non-hydrogen) atoms. The van der Waals surface area contributed by atoms with E-state index in [1.54, 1.807) is 23.5 Å². The molecule has 0 saturated carbocycles. The maximum Gasteiger partial charge on any atom is 0.267 e. The van der Waals surface area contributed by atoms with Gasteiger partial charge in [0.25, 0.3) is 10.0 Å². The Labute approximate surface area is 113 Å². The minimum Gasteiger partial charge on any atom is -0.383 e. The lowest BCUT2D eigenvalue weighted by atomic mass is 10.2. The molecule has 0 fully saturated rings. The van der Waals surface area contributed by atoms with Crippen molar-refractivity contribution in [3.63, 3.8) is 0 Å². The van der Waals surface area contributed by atoms with Crippen LogP contribution in [0.15, 0.2) is 40.7 Å². The van der Waals surface area contributed by atoms with Gasteiger partial charge in [0.05, 0.1) is 6.20 Å². The molecule has 0 atom stereocenters. The second kappa shape index (κ2) is 4.25. The molecule has 0 bridgehead atoms. The van der Waals surface area contributed by atoms with Gasteiger partial charge < -0.3 is 5.73 Å². The lowest BCUT2D eigenvalue weighted by Gasteiger charge is -2.06. The molecule has 0 radical (unpaired) electrons. The second-order valence-electron chi connectivity index (χ2n) is 3.93. The Morgan fingerprint density at radius 2 is 2.16 bits per heavy atom. The van der Waals surface area contributed by atoms with Crippen molar-refractivity contribution in [3.8, 4) is 0 Å². The van der Waals surface area contributed by atoms with E-state index in [-0.39, 0.29) is 10.7 Å². The number of nitrogens with one attached hydrogen (secondary N) is 2.